The molecule has 1 atom stereocenters. The Hall–Kier alpha value is -2.04. The highest BCUT2D eigenvalue weighted by Gasteiger charge is 2.14. The molecule has 3 N–H and O–H groups in total. The molecular weight excluding hydrogens is 252 g/mol. The van der Waals surface area contributed by atoms with Crippen molar-refractivity contribution in [1.82, 2.24) is 5.43 Å². The lowest BCUT2D eigenvalue weighted by Crippen LogP contribution is -2.29. The maximum atomic E-state index is 5.70. The molecule has 0 aliphatic rings. The van der Waals surface area contributed by atoms with E-state index < -0.39 is 0 Å². The molecule has 4 heteroatoms. The topological polar surface area (TPSA) is 56.5 Å². The molecule has 0 saturated heterocycles. The number of hydrogen-bond acceptors (Lipinski definition) is 4. The van der Waals surface area contributed by atoms with E-state index in [-0.39, 0.29) is 6.04 Å². The van der Waals surface area contributed by atoms with Gasteiger partial charge in [-0.15, -0.1) is 0 Å². The zero-order chi connectivity index (χ0) is 14.2. The van der Waals surface area contributed by atoms with Crippen LogP contribution in [-0.2, 0) is 0 Å². The maximum Gasteiger partial charge on any atom is 0.123 e. The Morgan fingerprint density at radius 2 is 1.75 bits per heavy atom. The third kappa shape index (κ3) is 3.73. The average molecular weight is 272 g/mol. The first-order chi connectivity index (χ1) is 9.85. The van der Waals surface area contributed by atoms with Crippen LogP contribution < -0.4 is 20.7 Å². The minimum atomic E-state index is -0.00476. The largest absolute Gasteiger partial charge is 0.496 e. The molecule has 2 aromatic rings. The summed E-state index contributed by atoms with van der Waals surface area (Å²) >= 11 is 0. The van der Waals surface area contributed by atoms with Gasteiger partial charge in [0.25, 0.3) is 0 Å². The highest BCUT2D eigenvalue weighted by Crippen LogP contribution is 2.26. The van der Waals surface area contributed by atoms with Crippen molar-refractivity contribution in [3.05, 3.63) is 60.2 Å². The van der Waals surface area contributed by atoms with Gasteiger partial charge in [-0.2, -0.15) is 0 Å². The summed E-state index contributed by atoms with van der Waals surface area (Å²) in [6, 6.07) is 17.6. The van der Waals surface area contributed by atoms with E-state index in [0.29, 0.717) is 6.61 Å². The zero-order valence-electron chi connectivity index (χ0n) is 11.6. The molecule has 0 fully saturated rings. The van der Waals surface area contributed by atoms with Crippen LogP contribution >= 0.6 is 0 Å². The summed E-state index contributed by atoms with van der Waals surface area (Å²) in [5.74, 6) is 7.34. The molecular formula is C16H20N2O2. The van der Waals surface area contributed by atoms with Crippen molar-refractivity contribution in [2.45, 2.75) is 12.5 Å². The fourth-order valence-corrected chi connectivity index (χ4v) is 2.09. The van der Waals surface area contributed by atoms with Gasteiger partial charge in [-0.3, -0.25) is 11.3 Å². The smallest absolute Gasteiger partial charge is 0.123 e. The van der Waals surface area contributed by atoms with Crippen LogP contribution in [0, 0.1) is 0 Å². The van der Waals surface area contributed by atoms with Gasteiger partial charge in [-0.1, -0.05) is 36.4 Å². The van der Waals surface area contributed by atoms with Crippen LogP contribution in [0.15, 0.2) is 54.6 Å². The predicted octanol–water partition coefficient (Wildman–Crippen LogP) is 2.67. The molecule has 0 aliphatic carbocycles. The second kappa shape index (κ2) is 7.53. The Morgan fingerprint density at radius 1 is 1.05 bits per heavy atom. The SMILES string of the molecule is COc1ccccc1C(CCOc1ccccc1)NN. The molecule has 0 amide bonds. The molecule has 0 saturated carbocycles. The number of nitrogens with one attached hydrogen (secondary N) is 1. The van der Waals surface area contributed by atoms with Crippen LogP contribution in [0.1, 0.15) is 18.0 Å². The van der Waals surface area contributed by atoms with Crippen molar-refractivity contribution < 1.29 is 9.47 Å². The summed E-state index contributed by atoms with van der Waals surface area (Å²) in [6.45, 7) is 0.580. The molecule has 0 spiro atoms. The summed E-state index contributed by atoms with van der Waals surface area (Å²) in [4.78, 5) is 0. The molecule has 4 nitrogen and oxygen atoms in total. The number of hydrazine groups is 1. The van der Waals surface area contributed by atoms with E-state index in [0.717, 1.165) is 23.5 Å². The normalized spacial score (nSPS) is 11.9. The van der Waals surface area contributed by atoms with Gasteiger partial charge in [-0.05, 0) is 18.2 Å². The van der Waals surface area contributed by atoms with Gasteiger partial charge < -0.3 is 9.47 Å². The maximum absolute atomic E-state index is 5.70. The minimum Gasteiger partial charge on any atom is -0.496 e. The van der Waals surface area contributed by atoms with Gasteiger partial charge in [0, 0.05) is 12.0 Å². The number of nitrogens with two attached hydrogens (primary N) is 1. The minimum absolute atomic E-state index is 0.00476. The van der Waals surface area contributed by atoms with Crippen molar-refractivity contribution in [1.29, 1.82) is 0 Å². The molecule has 106 valence electrons. The Morgan fingerprint density at radius 3 is 2.45 bits per heavy atom. The molecule has 2 aromatic carbocycles. The molecule has 1 unspecified atom stereocenters. The summed E-state index contributed by atoms with van der Waals surface area (Å²) in [6.07, 6.45) is 0.756. The lowest BCUT2D eigenvalue weighted by molar-refractivity contribution is 0.284. The third-order valence-corrected chi connectivity index (χ3v) is 3.13. The first-order valence-electron chi connectivity index (χ1n) is 6.62. The van der Waals surface area contributed by atoms with E-state index in [2.05, 4.69) is 5.43 Å². The van der Waals surface area contributed by atoms with Gasteiger partial charge in [0.1, 0.15) is 11.5 Å². The first-order valence-corrected chi connectivity index (χ1v) is 6.62. The quantitative estimate of drug-likeness (QED) is 0.601. The zero-order valence-corrected chi connectivity index (χ0v) is 11.6. The second-order valence-electron chi connectivity index (χ2n) is 4.41. The van der Waals surface area contributed by atoms with E-state index in [9.17, 15) is 0 Å². The van der Waals surface area contributed by atoms with Gasteiger partial charge in [0.15, 0.2) is 0 Å². The number of methoxy groups -OCH3 is 1. The molecule has 2 rings (SSSR count). The summed E-state index contributed by atoms with van der Waals surface area (Å²) in [7, 11) is 1.66. The van der Waals surface area contributed by atoms with E-state index in [4.69, 9.17) is 15.3 Å². The number of hydrogen-bond donors (Lipinski definition) is 2. The van der Waals surface area contributed by atoms with Gasteiger partial charge in [0.2, 0.25) is 0 Å². The van der Waals surface area contributed by atoms with E-state index in [1.54, 1.807) is 7.11 Å². The van der Waals surface area contributed by atoms with Crippen molar-refractivity contribution in [3.8, 4) is 11.5 Å². The fraction of sp³-hybridized carbons (Fsp3) is 0.250. The lowest BCUT2D eigenvalue weighted by atomic mass is 10.0. The van der Waals surface area contributed by atoms with E-state index in [1.807, 2.05) is 54.6 Å². The van der Waals surface area contributed by atoms with Gasteiger partial charge in [-0.25, -0.2) is 0 Å². The van der Waals surface area contributed by atoms with Crippen LogP contribution in [-0.4, -0.2) is 13.7 Å². The average Bonchev–Trinajstić information content (AvgIpc) is 2.53. The summed E-state index contributed by atoms with van der Waals surface area (Å²) in [5, 5.41) is 0. The lowest BCUT2D eigenvalue weighted by Gasteiger charge is -2.19. The van der Waals surface area contributed by atoms with Crippen LogP contribution in [0.3, 0.4) is 0 Å². The van der Waals surface area contributed by atoms with Crippen molar-refractivity contribution >= 4 is 0 Å². The number of benzene rings is 2. The van der Waals surface area contributed by atoms with E-state index in [1.165, 1.54) is 0 Å². The van der Waals surface area contributed by atoms with E-state index >= 15 is 0 Å². The highest BCUT2D eigenvalue weighted by atomic mass is 16.5. The van der Waals surface area contributed by atoms with Crippen LogP contribution in [0.2, 0.25) is 0 Å². The third-order valence-electron chi connectivity index (χ3n) is 3.13. The van der Waals surface area contributed by atoms with Crippen molar-refractivity contribution in [2.75, 3.05) is 13.7 Å². The molecule has 0 aliphatic heterocycles. The number of para-hydroxylation sites is 2. The van der Waals surface area contributed by atoms with Crippen LogP contribution in [0.25, 0.3) is 0 Å². The Kier molecular flexibility index (Phi) is 5.41. The van der Waals surface area contributed by atoms with Crippen molar-refractivity contribution in [3.63, 3.8) is 0 Å². The summed E-state index contributed by atoms with van der Waals surface area (Å²) in [5.41, 5.74) is 3.86. The summed E-state index contributed by atoms with van der Waals surface area (Å²) < 4.78 is 11.1. The Balaban J connectivity index is 1.95. The predicted molar refractivity (Wildman–Crippen MR) is 79.6 cm³/mol. The standard InChI is InChI=1S/C16H20N2O2/c1-19-16-10-6-5-9-14(16)15(18-17)11-12-20-13-7-3-2-4-8-13/h2-10,15,18H,11-12,17H2,1H3. The van der Waals surface area contributed by atoms with Crippen molar-refractivity contribution in [2.24, 2.45) is 5.84 Å². The number of ether oxygens (including phenoxy) is 2. The molecule has 0 radical (unpaired) electrons. The van der Waals surface area contributed by atoms with Gasteiger partial charge >= 0.3 is 0 Å². The number of rotatable bonds is 7. The molecule has 20 heavy (non-hydrogen) atoms. The molecule has 0 bridgehead atoms. The van der Waals surface area contributed by atoms with Crippen LogP contribution in [0.4, 0.5) is 0 Å². The Bertz CT molecular complexity index is 517. The van der Waals surface area contributed by atoms with Crippen LogP contribution in [0.5, 0.6) is 11.5 Å². The molecule has 0 aromatic heterocycles. The Labute approximate surface area is 119 Å². The highest BCUT2D eigenvalue weighted by molar-refractivity contribution is 5.35. The first kappa shape index (κ1) is 14.4. The monoisotopic (exact) mass is 272 g/mol. The fourth-order valence-electron chi connectivity index (χ4n) is 2.09. The second-order valence-corrected chi connectivity index (χ2v) is 4.41. The molecule has 0 heterocycles. The van der Waals surface area contributed by atoms with Gasteiger partial charge in [0.05, 0.1) is 19.8 Å².